The number of carbonyl (C=O) groups excluding carboxylic acids is 2. The predicted octanol–water partition coefficient (Wildman–Crippen LogP) is 3.67. The van der Waals surface area contributed by atoms with Gasteiger partial charge in [-0.15, -0.1) is 0 Å². The number of benzene rings is 2. The Morgan fingerprint density at radius 2 is 1.72 bits per heavy atom. The summed E-state index contributed by atoms with van der Waals surface area (Å²) in [5.41, 5.74) is 2.53. The molecular weight excluding hydrogens is 392 g/mol. The predicted molar refractivity (Wildman–Crippen MR) is 114 cm³/mol. The molecule has 7 heteroatoms. The Labute approximate surface area is 176 Å². The molecule has 2 aromatic carbocycles. The van der Waals surface area contributed by atoms with E-state index in [1.807, 2.05) is 32.0 Å². The Balaban J connectivity index is 1.65. The Hall–Kier alpha value is -2.73. The normalized spacial score (nSPS) is 10.3. The van der Waals surface area contributed by atoms with Crippen LogP contribution in [0, 0.1) is 13.8 Å². The molecule has 2 aromatic rings. The van der Waals surface area contributed by atoms with Gasteiger partial charge in [0.15, 0.2) is 0 Å². The lowest BCUT2D eigenvalue weighted by molar-refractivity contribution is -0.121. The number of methoxy groups -OCH3 is 1. The van der Waals surface area contributed by atoms with Crippen LogP contribution < -0.4 is 20.1 Å². The Kier molecular flexibility index (Phi) is 8.80. The summed E-state index contributed by atoms with van der Waals surface area (Å²) in [7, 11) is 1.49. The summed E-state index contributed by atoms with van der Waals surface area (Å²) in [6.45, 7) is 5.12. The fourth-order valence-corrected chi connectivity index (χ4v) is 3.03. The second-order valence-electron chi connectivity index (χ2n) is 6.62. The topological polar surface area (TPSA) is 76.7 Å². The third-order valence-corrected chi connectivity index (χ3v) is 4.58. The van der Waals surface area contributed by atoms with Crippen molar-refractivity contribution in [2.45, 2.75) is 26.7 Å². The molecule has 156 valence electrons. The van der Waals surface area contributed by atoms with Crippen LogP contribution in [0.15, 0.2) is 36.4 Å². The first kappa shape index (κ1) is 22.6. The van der Waals surface area contributed by atoms with Gasteiger partial charge >= 0.3 is 0 Å². The summed E-state index contributed by atoms with van der Waals surface area (Å²) in [6, 6.07) is 10.8. The van der Waals surface area contributed by atoms with Crippen molar-refractivity contribution in [3.05, 3.63) is 58.1 Å². The van der Waals surface area contributed by atoms with Crippen LogP contribution in [0.4, 0.5) is 0 Å². The summed E-state index contributed by atoms with van der Waals surface area (Å²) in [6.07, 6.45) is 0.979. The van der Waals surface area contributed by atoms with Gasteiger partial charge in [0.1, 0.15) is 11.5 Å². The lowest BCUT2D eigenvalue weighted by Gasteiger charge is -2.12. The van der Waals surface area contributed by atoms with Gasteiger partial charge < -0.3 is 20.1 Å². The Morgan fingerprint density at radius 3 is 2.41 bits per heavy atom. The number of ether oxygens (including phenoxy) is 2. The van der Waals surface area contributed by atoms with E-state index in [4.69, 9.17) is 21.1 Å². The highest BCUT2D eigenvalue weighted by Crippen LogP contribution is 2.23. The molecule has 0 heterocycles. The van der Waals surface area contributed by atoms with Crippen LogP contribution >= 0.6 is 11.6 Å². The number of hydrogen-bond acceptors (Lipinski definition) is 4. The third-order valence-electron chi connectivity index (χ3n) is 4.34. The molecule has 0 radical (unpaired) electrons. The molecule has 29 heavy (non-hydrogen) atoms. The van der Waals surface area contributed by atoms with Gasteiger partial charge in [-0.3, -0.25) is 9.59 Å². The van der Waals surface area contributed by atoms with E-state index in [1.165, 1.54) is 7.11 Å². The van der Waals surface area contributed by atoms with Crippen molar-refractivity contribution < 1.29 is 19.1 Å². The zero-order valence-corrected chi connectivity index (χ0v) is 17.8. The second kappa shape index (κ2) is 11.3. The molecular formula is C22H27ClN2O4. The highest BCUT2D eigenvalue weighted by molar-refractivity contribution is 6.31. The molecule has 0 atom stereocenters. The fourth-order valence-electron chi connectivity index (χ4n) is 2.85. The van der Waals surface area contributed by atoms with Gasteiger partial charge in [-0.05, 0) is 49.6 Å². The lowest BCUT2D eigenvalue weighted by atomic mass is 10.1. The van der Waals surface area contributed by atoms with E-state index in [0.29, 0.717) is 48.9 Å². The fraction of sp³-hybridized carbons (Fsp3) is 0.364. The number of nitrogens with one attached hydrogen (secondary N) is 2. The van der Waals surface area contributed by atoms with Gasteiger partial charge in [-0.2, -0.15) is 0 Å². The summed E-state index contributed by atoms with van der Waals surface area (Å²) in [5.74, 6) is 0.942. The maximum Gasteiger partial charge on any atom is 0.255 e. The van der Waals surface area contributed by atoms with Crippen LogP contribution in [0.25, 0.3) is 0 Å². The Bertz CT molecular complexity index is 834. The average Bonchev–Trinajstić information content (AvgIpc) is 2.70. The molecule has 2 N–H and O–H groups in total. The lowest BCUT2D eigenvalue weighted by Crippen LogP contribution is -2.34. The van der Waals surface area contributed by atoms with Crippen LogP contribution in [-0.4, -0.2) is 38.6 Å². The largest absolute Gasteiger partial charge is 0.496 e. The summed E-state index contributed by atoms with van der Waals surface area (Å²) in [4.78, 5) is 24.2. The molecule has 0 aliphatic heterocycles. The molecule has 0 unspecified atom stereocenters. The summed E-state index contributed by atoms with van der Waals surface area (Å²) >= 11 is 5.93. The van der Waals surface area contributed by atoms with E-state index in [9.17, 15) is 9.59 Å². The van der Waals surface area contributed by atoms with Crippen molar-refractivity contribution in [1.29, 1.82) is 0 Å². The third kappa shape index (κ3) is 6.98. The molecule has 6 nitrogen and oxygen atoms in total. The molecule has 0 spiro atoms. The molecule has 0 aromatic heterocycles. The van der Waals surface area contributed by atoms with E-state index >= 15 is 0 Å². The standard InChI is InChI=1S/C22H27ClN2O4/c1-15-6-4-7-16(2)21(15)29-13-5-8-20(26)24-11-12-25-22(27)18-14-17(23)9-10-19(18)28-3/h4,6-7,9-10,14H,5,8,11-13H2,1-3H3,(H,24,26)(H,25,27). The maximum absolute atomic E-state index is 12.2. The average molecular weight is 419 g/mol. The van der Waals surface area contributed by atoms with Crippen LogP contribution in [0.5, 0.6) is 11.5 Å². The minimum Gasteiger partial charge on any atom is -0.496 e. The number of carbonyl (C=O) groups is 2. The molecule has 0 aliphatic rings. The van der Waals surface area contributed by atoms with Crippen LogP contribution in [0.1, 0.15) is 34.3 Å². The van der Waals surface area contributed by atoms with E-state index in [2.05, 4.69) is 10.6 Å². The van der Waals surface area contributed by atoms with Gasteiger partial charge in [0, 0.05) is 24.5 Å². The monoisotopic (exact) mass is 418 g/mol. The summed E-state index contributed by atoms with van der Waals surface area (Å²) < 4.78 is 11.0. The van der Waals surface area contributed by atoms with Gasteiger partial charge in [-0.1, -0.05) is 29.8 Å². The first-order valence-electron chi connectivity index (χ1n) is 9.50. The van der Waals surface area contributed by atoms with Crippen molar-refractivity contribution in [1.82, 2.24) is 10.6 Å². The molecule has 0 fully saturated rings. The number of rotatable bonds is 10. The number of amides is 2. The first-order valence-corrected chi connectivity index (χ1v) is 9.87. The van der Waals surface area contributed by atoms with Crippen molar-refractivity contribution in [2.75, 3.05) is 26.8 Å². The van der Waals surface area contributed by atoms with Crippen molar-refractivity contribution in [3.63, 3.8) is 0 Å². The van der Waals surface area contributed by atoms with E-state index < -0.39 is 0 Å². The minimum absolute atomic E-state index is 0.0790. The van der Waals surface area contributed by atoms with Gasteiger partial charge in [0.25, 0.3) is 5.91 Å². The maximum atomic E-state index is 12.2. The highest BCUT2D eigenvalue weighted by Gasteiger charge is 2.12. The SMILES string of the molecule is COc1ccc(Cl)cc1C(=O)NCCNC(=O)CCCOc1c(C)cccc1C. The highest BCUT2D eigenvalue weighted by atomic mass is 35.5. The van der Waals surface area contributed by atoms with E-state index in [1.54, 1.807) is 18.2 Å². The van der Waals surface area contributed by atoms with Crippen molar-refractivity contribution in [2.24, 2.45) is 0 Å². The van der Waals surface area contributed by atoms with E-state index in [0.717, 1.165) is 16.9 Å². The Morgan fingerprint density at radius 1 is 1.03 bits per heavy atom. The van der Waals surface area contributed by atoms with Gasteiger partial charge in [-0.25, -0.2) is 0 Å². The zero-order chi connectivity index (χ0) is 21.2. The number of para-hydroxylation sites is 1. The zero-order valence-electron chi connectivity index (χ0n) is 17.0. The molecule has 2 rings (SSSR count). The number of aryl methyl sites for hydroxylation is 2. The minimum atomic E-state index is -0.305. The van der Waals surface area contributed by atoms with E-state index in [-0.39, 0.29) is 11.8 Å². The first-order chi connectivity index (χ1) is 13.9. The van der Waals surface area contributed by atoms with Crippen molar-refractivity contribution in [3.8, 4) is 11.5 Å². The quantitative estimate of drug-likeness (QED) is 0.577. The molecule has 0 saturated carbocycles. The van der Waals surface area contributed by atoms with Crippen LogP contribution in [-0.2, 0) is 4.79 Å². The molecule has 0 bridgehead atoms. The van der Waals surface area contributed by atoms with Crippen LogP contribution in [0.2, 0.25) is 5.02 Å². The smallest absolute Gasteiger partial charge is 0.255 e. The van der Waals surface area contributed by atoms with Crippen LogP contribution in [0.3, 0.4) is 0 Å². The molecule has 2 amide bonds. The van der Waals surface area contributed by atoms with Crippen molar-refractivity contribution >= 4 is 23.4 Å². The number of hydrogen-bond donors (Lipinski definition) is 2. The summed E-state index contributed by atoms with van der Waals surface area (Å²) in [5, 5.41) is 5.98. The number of halogens is 1. The second-order valence-corrected chi connectivity index (χ2v) is 7.06. The van der Waals surface area contributed by atoms with Gasteiger partial charge in [0.2, 0.25) is 5.91 Å². The molecule has 0 saturated heterocycles. The molecule has 0 aliphatic carbocycles. The van der Waals surface area contributed by atoms with Gasteiger partial charge in [0.05, 0.1) is 19.3 Å².